The molecule has 98 valence electrons. The molecular weight excluding hydrogens is 235 g/mol. The average Bonchev–Trinajstić information content (AvgIpc) is 2.48. The minimum Gasteiger partial charge on any atom is -0.487 e. The summed E-state index contributed by atoms with van der Waals surface area (Å²) in [6.45, 7) is 5.62. The van der Waals surface area contributed by atoms with Gasteiger partial charge in [-0.3, -0.25) is 4.79 Å². The largest absolute Gasteiger partial charge is 0.487 e. The highest BCUT2D eigenvalue weighted by Crippen LogP contribution is 2.38. The Kier molecular flexibility index (Phi) is 3.05. The number of rotatable bonds is 3. The third kappa shape index (κ3) is 2.47. The van der Waals surface area contributed by atoms with Crippen LogP contribution in [-0.4, -0.2) is 16.7 Å². The number of halogens is 1. The summed E-state index contributed by atoms with van der Waals surface area (Å²) in [4.78, 5) is 10.7. The molecule has 0 aliphatic carbocycles. The van der Waals surface area contributed by atoms with Crippen molar-refractivity contribution in [1.82, 2.24) is 0 Å². The molecule has 0 radical (unpaired) electrons. The van der Waals surface area contributed by atoms with Crippen LogP contribution in [0.15, 0.2) is 12.1 Å². The first-order valence-electron chi connectivity index (χ1n) is 6.01. The van der Waals surface area contributed by atoms with Crippen molar-refractivity contribution >= 4 is 5.97 Å². The lowest BCUT2D eigenvalue weighted by Crippen LogP contribution is -2.24. The molecule has 1 aromatic rings. The molecule has 1 aliphatic rings. The molecule has 1 heterocycles. The van der Waals surface area contributed by atoms with E-state index >= 15 is 0 Å². The van der Waals surface area contributed by atoms with E-state index in [2.05, 4.69) is 0 Å². The van der Waals surface area contributed by atoms with E-state index in [1.165, 1.54) is 6.07 Å². The Hall–Kier alpha value is -1.58. The fourth-order valence-electron chi connectivity index (χ4n) is 2.39. The van der Waals surface area contributed by atoms with Gasteiger partial charge in [0, 0.05) is 12.5 Å². The van der Waals surface area contributed by atoms with Crippen LogP contribution in [0, 0.1) is 5.82 Å². The molecule has 3 nitrogen and oxygen atoms in total. The van der Waals surface area contributed by atoms with E-state index in [0.29, 0.717) is 11.3 Å². The smallest absolute Gasteiger partial charge is 0.303 e. The number of hydrogen-bond donors (Lipinski definition) is 1. The summed E-state index contributed by atoms with van der Waals surface area (Å²) >= 11 is 0. The standard InChI is InChI=1S/C14H17FO3/c1-8(4-13(16)17)10-5-9-7-14(2,3)18-12(9)6-11(10)15/h5-6,8H,4,7H2,1-3H3,(H,16,17). The SMILES string of the molecule is CC(CC(=O)O)c1cc2c(cc1F)OC(C)(C)C2. The van der Waals surface area contributed by atoms with Gasteiger partial charge in [-0.1, -0.05) is 6.92 Å². The van der Waals surface area contributed by atoms with Gasteiger partial charge in [-0.15, -0.1) is 0 Å². The lowest BCUT2D eigenvalue weighted by atomic mass is 9.93. The third-order valence-corrected chi connectivity index (χ3v) is 3.19. The van der Waals surface area contributed by atoms with E-state index in [1.54, 1.807) is 13.0 Å². The number of carbonyl (C=O) groups is 1. The van der Waals surface area contributed by atoms with E-state index in [4.69, 9.17) is 9.84 Å². The maximum Gasteiger partial charge on any atom is 0.303 e. The van der Waals surface area contributed by atoms with E-state index < -0.39 is 5.97 Å². The normalized spacial score (nSPS) is 18.0. The van der Waals surface area contributed by atoms with Crippen LogP contribution in [0.1, 0.15) is 44.2 Å². The first-order chi connectivity index (χ1) is 8.28. The molecule has 0 saturated carbocycles. The van der Waals surface area contributed by atoms with Crippen molar-refractivity contribution in [2.24, 2.45) is 0 Å². The molecule has 0 spiro atoms. The van der Waals surface area contributed by atoms with Crippen molar-refractivity contribution in [3.05, 3.63) is 29.1 Å². The zero-order chi connectivity index (χ0) is 13.5. The second-order valence-electron chi connectivity index (χ2n) is 5.52. The van der Waals surface area contributed by atoms with E-state index in [0.717, 1.165) is 12.0 Å². The molecule has 1 aliphatic heterocycles. The predicted octanol–water partition coefficient (Wildman–Crippen LogP) is 3.12. The van der Waals surface area contributed by atoms with Gasteiger partial charge in [0.05, 0.1) is 6.42 Å². The maximum atomic E-state index is 13.9. The molecule has 2 rings (SSSR count). The number of fused-ring (bicyclic) bond motifs is 1. The van der Waals surface area contributed by atoms with E-state index in [-0.39, 0.29) is 23.8 Å². The second kappa shape index (κ2) is 4.26. The molecule has 0 amide bonds. The number of carboxylic acids is 1. The van der Waals surface area contributed by atoms with Gasteiger partial charge < -0.3 is 9.84 Å². The molecule has 0 fully saturated rings. The highest BCUT2D eigenvalue weighted by Gasteiger charge is 2.31. The summed E-state index contributed by atoms with van der Waals surface area (Å²) in [5.74, 6) is -1.07. The van der Waals surface area contributed by atoms with Crippen molar-refractivity contribution in [3.63, 3.8) is 0 Å². The Balaban J connectivity index is 2.33. The molecule has 1 aromatic carbocycles. The zero-order valence-corrected chi connectivity index (χ0v) is 10.8. The molecule has 0 aromatic heterocycles. The number of ether oxygens (including phenoxy) is 1. The van der Waals surface area contributed by atoms with Crippen molar-refractivity contribution in [2.75, 3.05) is 0 Å². The van der Waals surface area contributed by atoms with Gasteiger partial charge in [0.15, 0.2) is 0 Å². The third-order valence-electron chi connectivity index (χ3n) is 3.19. The summed E-state index contributed by atoms with van der Waals surface area (Å²) in [5.41, 5.74) is 1.09. The zero-order valence-electron chi connectivity index (χ0n) is 10.8. The Morgan fingerprint density at radius 3 is 2.83 bits per heavy atom. The van der Waals surface area contributed by atoms with Crippen molar-refractivity contribution in [1.29, 1.82) is 0 Å². The van der Waals surface area contributed by atoms with Gasteiger partial charge in [0.25, 0.3) is 0 Å². The number of benzene rings is 1. The monoisotopic (exact) mass is 252 g/mol. The van der Waals surface area contributed by atoms with Gasteiger partial charge in [0.1, 0.15) is 17.2 Å². The van der Waals surface area contributed by atoms with E-state index in [1.807, 2.05) is 13.8 Å². The fourth-order valence-corrected chi connectivity index (χ4v) is 2.39. The summed E-state index contributed by atoms with van der Waals surface area (Å²) in [6, 6.07) is 3.12. The molecule has 1 unspecified atom stereocenters. The molecule has 1 N–H and O–H groups in total. The Morgan fingerprint density at radius 2 is 2.22 bits per heavy atom. The summed E-state index contributed by atoms with van der Waals surface area (Å²) in [7, 11) is 0. The first kappa shape index (κ1) is 12.9. The van der Waals surface area contributed by atoms with Gasteiger partial charge in [-0.25, -0.2) is 4.39 Å². The maximum absolute atomic E-state index is 13.9. The Bertz CT molecular complexity index is 494. The van der Waals surface area contributed by atoms with E-state index in [9.17, 15) is 9.18 Å². The molecule has 18 heavy (non-hydrogen) atoms. The minimum atomic E-state index is -0.918. The van der Waals surface area contributed by atoms with Crippen LogP contribution < -0.4 is 4.74 Å². The number of hydrogen-bond acceptors (Lipinski definition) is 2. The van der Waals surface area contributed by atoms with Gasteiger partial charge >= 0.3 is 5.97 Å². The Labute approximate surface area is 106 Å². The highest BCUT2D eigenvalue weighted by molar-refractivity contribution is 5.68. The number of aliphatic carboxylic acids is 1. The lowest BCUT2D eigenvalue weighted by Gasteiger charge is -2.16. The van der Waals surface area contributed by atoms with Crippen LogP contribution in [-0.2, 0) is 11.2 Å². The number of carboxylic acid groups (broad SMARTS) is 1. The van der Waals surface area contributed by atoms with Crippen LogP contribution in [0.25, 0.3) is 0 Å². The highest BCUT2D eigenvalue weighted by atomic mass is 19.1. The van der Waals surface area contributed by atoms with Crippen LogP contribution in [0.3, 0.4) is 0 Å². The molecular formula is C14H17FO3. The second-order valence-corrected chi connectivity index (χ2v) is 5.52. The van der Waals surface area contributed by atoms with Crippen LogP contribution in [0.2, 0.25) is 0 Å². The Morgan fingerprint density at radius 1 is 1.56 bits per heavy atom. The predicted molar refractivity (Wildman–Crippen MR) is 65.5 cm³/mol. The van der Waals surface area contributed by atoms with Crippen LogP contribution >= 0.6 is 0 Å². The van der Waals surface area contributed by atoms with Crippen molar-refractivity contribution < 1.29 is 19.0 Å². The summed E-state index contributed by atoms with van der Waals surface area (Å²) in [6.07, 6.45) is 0.648. The minimum absolute atomic E-state index is 0.0695. The van der Waals surface area contributed by atoms with Gasteiger partial charge in [-0.2, -0.15) is 0 Å². The first-order valence-corrected chi connectivity index (χ1v) is 6.01. The van der Waals surface area contributed by atoms with Crippen LogP contribution in [0.4, 0.5) is 4.39 Å². The molecule has 4 heteroatoms. The topological polar surface area (TPSA) is 46.5 Å². The van der Waals surface area contributed by atoms with Gasteiger partial charge in [0.2, 0.25) is 0 Å². The van der Waals surface area contributed by atoms with Crippen molar-refractivity contribution in [3.8, 4) is 5.75 Å². The van der Waals surface area contributed by atoms with Gasteiger partial charge in [-0.05, 0) is 37.0 Å². The molecule has 1 atom stereocenters. The fraction of sp³-hybridized carbons (Fsp3) is 0.500. The van der Waals surface area contributed by atoms with Crippen LogP contribution in [0.5, 0.6) is 5.75 Å². The van der Waals surface area contributed by atoms with Crippen molar-refractivity contribution in [2.45, 2.75) is 45.1 Å². The summed E-state index contributed by atoms with van der Waals surface area (Å²) in [5, 5.41) is 8.77. The summed E-state index contributed by atoms with van der Waals surface area (Å²) < 4.78 is 19.6. The lowest BCUT2D eigenvalue weighted by molar-refractivity contribution is -0.137. The molecule has 0 saturated heterocycles. The average molecular weight is 252 g/mol. The molecule has 0 bridgehead atoms. The quantitative estimate of drug-likeness (QED) is 0.899.